The van der Waals surface area contributed by atoms with Gasteiger partial charge in [0.15, 0.2) is 0 Å². The van der Waals surface area contributed by atoms with E-state index < -0.39 is 0 Å². The third-order valence-corrected chi connectivity index (χ3v) is 2.25. The first kappa shape index (κ1) is 9.67. The van der Waals surface area contributed by atoms with E-state index in [0.717, 1.165) is 5.56 Å². The van der Waals surface area contributed by atoms with Crippen LogP contribution in [0.2, 0.25) is 0 Å². The molecule has 0 bridgehead atoms. The van der Waals surface area contributed by atoms with Crippen molar-refractivity contribution >= 4 is 5.95 Å². The van der Waals surface area contributed by atoms with Gasteiger partial charge in [0.1, 0.15) is 5.82 Å². The quantitative estimate of drug-likeness (QED) is 0.671. The van der Waals surface area contributed by atoms with Gasteiger partial charge in [0.2, 0.25) is 5.95 Å². The first-order valence-corrected chi connectivity index (χ1v) is 4.67. The minimum absolute atomic E-state index is 0.215. The zero-order chi connectivity index (χ0) is 10.8. The van der Waals surface area contributed by atoms with Crippen LogP contribution in [0.25, 0.3) is 0 Å². The van der Waals surface area contributed by atoms with Gasteiger partial charge in [-0.3, -0.25) is 5.10 Å². The van der Waals surface area contributed by atoms with E-state index in [-0.39, 0.29) is 12.0 Å². The number of anilines is 1. The molecule has 15 heavy (non-hydrogen) atoms. The van der Waals surface area contributed by atoms with Crippen LogP contribution in [0.15, 0.2) is 24.3 Å². The number of rotatable bonds is 2. The van der Waals surface area contributed by atoms with E-state index in [4.69, 9.17) is 11.5 Å². The Bertz CT molecular complexity index is 445. The molecule has 0 spiro atoms. The van der Waals surface area contributed by atoms with Crippen LogP contribution in [0, 0.1) is 6.92 Å². The molecule has 0 fully saturated rings. The van der Waals surface area contributed by atoms with Crippen molar-refractivity contribution in [2.75, 3.05) is 5.73 Å². The van der Waals surface area contributed by atoms with Gasteiger partial charge in [-0.1, -0.05) is 29.8 Å². The number of aromatic nitrogens is 3. The Balaban J connectivity index is 2.28. The van der Waals surface area contributed by atoms with E-state index in [1.807, 2.05) is 31.2 Å². The summed E-state index contributed by atoms with van der Waals surface area (Å²) in [4.78, 5) is 4.00. The SMILES string of the molecule is Cc1ccc([C@H](N)c2nc(N)n[nH]2)cc1. The summed E-state index contributed by atoms with van der Waals surface area (Å²) in [5, 5.41) is 6.45. The summed E-state index contributed by atoms with van der Waals surface area (Å²) < 4.78 is 0. The third-order valence-electron chi connectivity index (χ3n) is 2.25. The smallest absolute Gasteiger partial charge is 0.239 e. The van der Waals surface area contributed by atoms with Gasteiger partial charge < -0.3 is 11.5 Å². The van der Waals surface area contributed by atoms with Crippen molar-refractivity contribution in [3.05, 3.63) is 41.2 Å². The number of hydrogen-bond acceptors (Lipinski definition) is 4. The Labute approximate surface area is 87.5 Å². The van der Waals surface area contributed by atoms with Crippen molar-refractivity contribution in [3.63, 3.8) is 0 Å². The van der Waals surface area contributed by atoms with Gasteiger partial charge in [-0.15, -0.1) is 5.10 Å². The van der Waals surface area contributed by atoms with Crippen molar-refractivity contribution in [1.82, 2.24) is 15.2 Å². The zero-order valence-corrected chi connectivity index (χ0v) is 8.44. The van der Waals surface area contributed by atoms with Crippen LogP contribution in [0.4, 0.5) is 5.95 Å². The Kier molecular flexibility index (Phi) is 2.39. The van der Waals surface area contributed by atoms with E-state index in [9.17, 15) is 0 Å². The molecule has 0 saturated carbocycles. The largest absolute Gasteiger partial charge is 0.367 e. The number of aryl methyl sites for hydroxylation is 1. The fourth-order valence-corrected chi connectivity index (χ4v) is 1.36. The highest BCUT2D eigenvalue weighted by Crippen LogP contribution is 2.16. The normalized spacial score (nSPS) is 12.7. The summed E-state index contributed by atoms with van der Waals surface area (Å²) in [5.41, 5.74) is 13.6. The van der Waals surface area contributed by atoms with Crippen LogP contribution in [-0.2, 0) is 0 Å². The van der Waals surface area contributed by atoms with Gasteiger partial charge in [-0.2, -0.15) is 4.98 Å². The second-order valence-corrected chi connectivity index (χ2v) is 3.47. The van der Waals surface area contributed by atoms with Crippen LogP contribution in [0.5, 0.6) is 0 Å². The summed E-state index contributed by atoms with van der Waals surface area (Å²) >= 11 is 0. The van der Waals surface area contributed by atoms with E-state index in [0.29, 0.717) is 5.82 Å². The number of aromatic amines is 1. The van der Waals surface area contributed by atoms with E-state index in [1.165, 1.54) is 5.56 Å². The molecule has 0 aliphatic rings. The first-order valence-electron chi connectivity index (χ1n) is 4.67. The highest BCUT2D eigenvalue weighted by atomic mass is 15.3. The summed E-state index contributed by atoms with van der Waals surface area (Å²) in [7, 11) is 0. The number of nitrogens with one attached hydrogen (secondary N) is 1. The number of benzene rings is 1. The van der Waals surface area contributed by atoms with Gasteiger partial charge in [-0.25, -0.2) is 0 Å². The number of nitrogens with zero attached hydrogens (tertiary/aromatic N) is 2. The molecule has 5 heteroatoms. The molecule has 0 radical (unpaired) electrons. The lowest BCUT2D eigenvalue weighted by atomic mass is 10.1. The maximum Gasteiger partial charge on any atom is 0.239 e. The number of hydrogen-bond donors (Lipinski definition) is 3. The molecule has 1 aromatic carbocycles. The fourth-order valence-electron chi connectivity index (χ4n) is 1.36. The Morgan fingerprint density at radius 1 is 1.27 bits per heavy atom. The minimum Gasteiger partial charge on any atom is -0.367 e. The molecule has 1 atom stereocenters. The zero-order valence-electron chi connectivity index (χ0n) is 8.44. The van der Waals surface area contributed by atoms with Gasteiger partial charge in [0.05, 0.1) is 6.04 Å². The second kappa shape index (κ2) is 3.70. The molecule has 2 rings (SSSR count). The molecular weight excluding hydrogens is 190 g/mol. The molecule has 0 saturated heterocycles. The molecular formula is C10H13N5. The number of nitrogen functional groups attached to an aromatic ring is 1. The fraction of sp³-hybridized carbons (Fsp3) is 0.200. The predicted octanol–water partition coefficient (Wildman–Crippen LogP) is 0.743. The van der Waals surface area contributed by atoms with E-state index in [1.54, 1.807) is 0 Å². The first-order chi connectivity index (χ1) is 7.16. The second-order valence-electron chi connectivity index (χ2n) is 3.47. The molecule has 5 N–H and O–H groups in total. The van der Waals surface area contributed by atoms with Crippen LogP contribution >= 0.6 is 0 Å². The average Bonchev–Trinajstić information content (AvgIpc) is 2.65. The topological polar surface area (TPSA) is 93.6 Å². The Hall–Kier alpha value is -1.88. The lowest BCUT2D eigenvalue weighted by Crippen LogP contribution is -2.13. The molecule has 0 unspecified atom stereocenters. The van der Waals surface area contributed by atoms with Crippen LogP contribution in [0.3, 0.4) is 0 Å². The summed E-state index contributed by atoms with van der Waals surface area (Å²) in [6.07, 6.45) is 0. The van der Waals surface area contributed by atoms with Crippen molar-refractivity contribution in [1.29, 1.82) is 0 Å². The third kappa shape index (κ3) is 1.97. The average molecular weight is 203 g/mol. The van der Waals surface area contributed by atoms with E-state index >= 15 is 0 Å². The number of nitrogens with two attached hydrogens (primary N) is 2. The maximum atomic E-state index is 5.99. The van der Waals surface area contributed by atoms with Gasteiger partial charge in [0, 0.05) is 0 Å². The molecule has 0 aliphatic heterocycles. The van der Waals surface area contributed by atoms with Crippen LogP contribution in [0.1, 0.15) is 23.0 Å². The molecule has 0 aliphatic carbocycles. The lowest BCUT2D eigenvalue weighted by Gasteiger charge is -2.08. The van der Waals surface area contributed by atoms with Crippen LogP contribution < -0.4 is 11.5 Å². The molecule has 1 aromatic heterocycles. The van der Waals surface area contributed by atoms with Crippen LogP contribution in [-0.4, -0.2) is 15.2 Å². The highest BCUT2D eigenvalue weighted by molar-refractivity contribution is 5.28. The van der Waals surface area contributed by atoms with Crippen molar-refractivity contribution < 1.29 is 0 Å². The standard InChI is InChI=1S/C10H13N5/c1-6-2-4-7(5-3-6)8(11)9-13-10(12)15-14-9/h2-5,8H,11H2,1H3,(H3,12,13,14,15)/t8-/m0/s1. The van der Waals surface area contributed by atoms with Crippen molar-refractivity contribution in [3.8, 4) is 0 Å². The lowest BCUT2D eigenvalue weighted by molar-refractivity contribution is 0.787. The Morgan fingerprint density at radius 2 is 1.93 bits per heavy atom. The molecule has 5 nitrogen and oxygen atoms in total. The minimum atomic E-state index is -0.310. The van der Waals surface area contributed by atoms with Gasteiger partial charge in [-0.05, 0) is 12.5 Å². The highest BCUT2D eigenvalue weighted by Gasteiger charge is 2.12. The van der Waals surface area contributed by atoms with E-state index in [2.05, 4.69) is 15.2 Å². The molecule has 0 amide bonds. The monoisotopic (exact) mass is 203 g/mol. The van der Waals surface area contributed by atoms with Gasteiger partial charge >= 0.3 is 0 Å². The molecule has 78 valence electrons. The number of H-pyrrole nitrogens is 1. The predicted molar refractivity (Wildman–Crippen MR) is 58.0 cm³/mol. The van der Waals surface area contributed by atoms with Crippen molar-refractivity contribution in [2.45, 2.75) is 13.0 Å². The van der Waals surface area contributed by atoms with Crippen molar-refractivity contribution in [2.24, 2.45) is 5.73 Å². The molecule has 2 aromatic rings. The maximum absolute atomic E-state index is 5.99. The summed E-state index contributed by atoms with van der Waals surface area (Å²) in [6, 6.07) is 7.65. The Morgan fingerprint density at radius 3 is 2.47 bits per heavy atom. The summed E-state index contributed by atoms with van der Waals surface area (Å²) in [6.45, 7) is 2.03. The van der Waals surface area contributed by atoms with Gasteiger partial charge in [0.25, 0.3) is 0 Å². The summed E-state index contributed by atoms with van der Waals surface area (Å²) in [5.74, 6) is 0.795. The molecule has 1 heterocycles.